The van der Waals surface area contributed by atoms with Crippen LogP contribution in [0.5, 0.6) is 0 Å². The number of nitrogens with two attached hydrogens (primary N) is 2. The Morgan fingerprint density at radius 2 is 0.419 bits per heavy atom. The zero-order valence-corrected chi connectivity index (χ0v) is 22.2. The van der Waals surface area contributed by atoms with E-state index in [9.17, 15) is 0 Å². The van der Waals surface area contributed by atoms with E-state index >= 15 is 0 Å². The molecule has 0 saturated carbocycles. The summed E-state index contributed by atoms with van der Waals surface area (Å²) in [7, 11) is 0. The second-order valence-corrected chi connectivity index (χ2v) is 9.71. The molecule has 0 spiro atoms. The first-order valence-corrected chi connectivity index (χ1v) is 14.7. The number of rotatable bonds is 25. The van der Waals surface area contributed by atoms with Crippen molar-refractivity contribution in [2.75, 3.05) is 13.1 Å². The lowest BCUT2D eigenvalue weighted by Crippen LogP contribution is -1.97. The zero-order chi connectivity index (χ0) is 23.1. The molecule has 0 fully saturated rings. The molecule has 0 saturated heterocycles. The van der Waals surface area contributed by atoms with Gasteiger partial charge in [0.25, 0.3) is 0 Å². The Kier molecular flexibility index (Phi) is 36.9. The molecule has 0 rings (SSSR count). The summed E-state index contributed by atoms with van der Waals surface area (Å²) < 4.78 is 0. The maximum absolute atomic E-state index is 5.47. The van der Waals surface area contributed by atoms with Crippen molar-refractivity contribution >= 4 is 0 Å². The van der Waals surface area contributed by atoms with E-state index in [0.717, 1.165) is 13.1 Å². The molecular formula is C29H64N2. The summed E-state index contributed by atoms with van der Waals surface area (Å²) in [5.74, 6) is 0. The van der Waals surface area contributed by atoms with E-state index in [1.165, 1.54) is 161 Å². The first-order valence-electron chi connectivity index (χ1n) is 14.7. The fourth-order valence-corrected chi connectivity index (χ4v) is 4.15. The number of hydrogen-bond donors (Lipinski definition) is 2. The average Bonchev–Trinajstić information content (AvgIpc) is 2.79. The molecule has 31 heavy (non-hydrogen) atoms. The summed E-state index contributed by atoms with van der Waals surface area (Å²) in [6, 6.07) is 0. The fraction of sp³-hybridized carbons (Fsp3) is 1.00. The lowest BCUT2D eigenvalue weighted by Gasteiger charge is -2.02. The van der Waals surface area contributed by atoms with E-state index in [0.29, 0.717) is 0 Å². The van der Waals surface area contributed by atoms with Crippen molar-refractivity contribution in [3.63, 3.8) is 0 Å². The van der Waals surface area contributed by atoms with Crippen LogP contribution in [0.1, 0.15) is 174 Å². The van der Waals surface area contributed by atoms with Crippen molar-refractivity contribution in [1.29, 1.82) is 0 Å². The highest BCUT2D eigenvalue weighted by Gasteiger charge is 1.94. The molecule has 0 aromatic rings. The molecule has 2 nitrogen and oxygen atoms in total. The highest BCUT2D eigenvalue weighted by molar-refractivity contribution is 4.50. The highest BCUT2D eigenvalue weighted by Crippen LogP contribution is 2.13. The lowest BCUT2D eigenvalue weighted by atomic mass is 10.0. The van der Waals surface area contributed by atoms with Crippen LogP contribution < -0.4 is 11.5 Å². The molecule has 0 aliphatic carbocycles. The summed E-state index contributed by atoms with van der Waals surface area (Å²) in [5.41, 5.74) is 10.9. The van der Waals surface area contributed by atoms with Crippen LogP contribution >= 0.6 is 0 Å². The van der Waals surface area contributed by atoms with Gasteiger partial charge in [-0.3, -0.25) is 0 Å². The van der Waals surface area contributed by atoms with Crippen LogP contribution in [0.3, 0.4) is 0 Å². The van der Waals surface area contributed by atoms with Gasteiger partial charge in [-0.25, -0.2) is 0 Å². The molecule has 0 aliphatic rings. The van der Waals surface area contributed by atoms with Crippen LogP contribution in [0.15, 0.2) is 0 Å². The largest absolute Gasteiger partial charge is 0.330 e. The van der Waals surface area contributed by atoms with E-state index in [1.807, 2.05) is 0 Å². The molecule has 0 atom stereocenters. The summed E-state index contributed by atoms with van der Waals surface area (Å²) in [6.07, 6.45) is 35.3. The number of hydrogen-bond acceptors (Lipinski definition) is 2. The van der Waals surface area contributed by atoms with Crippen LogP contribution in [0, 0.1) is 0 Å². The van der Waals surface area contributed by atoms with Gasteiger partial charge in [-0.2, -0.15) is 0 Å². The van der Waals surface area contributed by atoms with Gasteiger partial charge in [0.2, 0.25) is 0 Å². The molecular weight excluding hydrogens is 376 g/mol. The Morgan fingerprint density at radius 1 is 0.258 bits per heavy atom. The first-order chi connectivity index (χ1) is 15.3. The van der Waals surface area contributed by atoms with Gasteiger partial charge >= 0.3 is 0 Å². The topological polar surface area (TPSA) is 52.0 Å². The van der Waals surface area contributed by atoms with E-state index in [2.05, 4.69) is 13.8 Å². The van der Waals surface area contributed by atoms with Gasteiger partial charge in [-0.1, -0.05) is 162 Å². The van der Waals surface area contributed by atoms with E-state index in [-0.39, 0.29) is 0 Å². The van der Waals surface area contributed by atoms with Crippen molar-refractivity contribution in [2.24, 2.45) is 11.5 Å². The Balaban J connectivity index is 0. The molecule has 2 heteroatoms. The Bertz CT molecular complexity index is 241. The van der Waals surface area contributed by atoms with Crippen LogP contribution in [-0.4, -0.2) is 13.1 Å². The molecule has 0 amide bonds. The molecule has 0 aliphatic heterocycles. The SMILES string of the molecule is CCCCCCCCCCCCCCCCN.CCCCCCCCCCCCCN. The zero-order valence-electron chi connectivity index (χ0n) is 22.2. The highest BCUT2D eigenvalue weighted by atomic mass is 14.5. The van der Waals surface area contributed by atoms with Gasteiger partial charge < -0.3 is 11.5 Å². The summed E-state index contributed by atoms with van der Waals surface area (Å²) in [4.78, 5) is 0. The van der Waals surface area contributed by atoms with Gasteiger partial charge in [0.05, 0.1) is 0 Å². The predicted octanol–water partition coefficient (Wildman–Crippen LogP) is 9.68. The van der Waals surface area contributed by atoms with E-state index in [4.69, 9.17) is 11.5 Å². The van der Waals surface area contributed by atoms with Gasteiger partial charge in [0.15, 0.2) is 0 Å². The maximum Gasteiger partial charge on any atom is -0.00773 e. The third-order valence-electron chi connectivity index (χ3n) is 6.37. The van der Waals surface area contributed by atoms with Crippen LogP contribution in [0.4, 0.5) is 0 Å². The molecule has 0 radical (unpaired) electrons. The minimum absolute atomic E-state index is 0.872. The molecule has 4 N–H and O–H groups in total. The fourth-order valence-electron chi connectivity index (χ4n) is 4.15. The van der Waals surface area contributed by atoms with E-state index < -0.39 is 0 Å². The van der Waals surface area contributed by atoms with E-state index in [1.54, 1.807) is 0 Å². The second-order valence-electron chi connectivity index (χ2n) is 9.71. The van der Waals surface area contributed by atoms with Crippen molar-refractivity contribution in [3.8, 4) is 0 Å². The van der Waals surface area contributed by atoms with Gasteiger partial charge in [0, 0.05) is 0 Å². The third-order valence-corrected chi connectivity index (χ3v) is 6.37. The molecule has 190 valence electrons. The van der Waals surface area contributed by atoms with Crippen molar-refractivity contribution < 1.29 is 0 Å². The molecule has 0 aromatic carbocycles. The average molecular weight is 441 g/mol. The predicted molar refractivity (Wildman–Crippen MR) is 145 cm³/mol. The molecule has 0 aromatic heterocycles. The Labute approximate surface area is 199 Å². The number of unbranched alkanes of at least 4 members (excludes halogenated alkanes) is 23. The van der Waals surface area contributed by atoms with Gasteiger partial charge in [-0.05, 0) is 25.9 Å². The van der Waals surface area contributed by atoms with Crippen LogP contribution in [0.25, 0.3) is 0 Å². The lowest BCUT2D eigenvalue weighted by molar-refractivity contribution is 0.536. The summed E-state index contributed by atoms with van der Waals surface area (Å²) in [5, 5.41) is 0. The summed E-state index contributed by atoms with van der Waals surface area (Å²) >= 11 is 0. The molecule has 0 heterocycles. The standard InChI is InChI=1S/C16H35N.C13H29N/c1-2-3-4-5-6-7-8-9-10-11-12-13-14-15-16-17;1-2-3-4-5-6-7-8-9-10-11-12-13-14/h2-17H2,1H3;2-14H2,1H3. The third kappa shape index (κ3) is 37.6. The second kappa shape index (κ2) is 34.5. The minimum atomic E-state index is 0.872. The smallest absolute Gasteiger partial charge is 0.00773 e. The van der Waals surface area contributed by atoms with Crippen molar-refractivity contribution in [3.05, 3.63) is 0 Å². The van der Waals surface area contributed by atoms with Gasteiger partial charge in [0.1, 0.15) is 0 Å². The maximum atomic E-state index is 5.47. The van der Waals surface area contributed by atoms with Crippen molar-refractivity contribution in [1.82, 2.24) is 0 Å². The van der Waals surface area contributed by atoms with Crippen LogP contribution in [-0.2, 0) is 0 Å². The minimum Gasteiger partial charge on any atom is -0.330 e. The molecule has 0 bridgehead atoms. The van der Waals surface area contributed by atoms with Gasteiger partial charge in [-0.15, -0.1) is 0 Å². The Morgan fingerprint density at radius 3 is 0.581 bits per heavy atom. The van der Waals surface area contributed by atoms with Crippen molar-refractivity contribution in [2.45, 2.75) is 174 Å². The quantitative estimate of drug-likeness (QED) is 0.139. The van der Waals surface area contributed by atoms with Crippen LogP contribution in [0.2, 0.25) is 0 Å². The first kappa shape index (κ1) is 33.1. The monoisotopic (exact) mass is 441 g/mol. The molecule has 0 unspecified atom stereocenters. The normalized spacial score (nSPS) is 10.8. The Hall–Kier alpha value is -0.0800. The summed E-state index contributed by atoms with van der Waals surface area (Å²) in [6.45, 7) is 6.31.